The molecule has 8 heteroatoms. The van der Waals surface area contributed by atoms with Gasteiger partial charge in [0, 0.05) is 67.0 Å². The van der Waals surface area contributed by atoms with Gasteiger partial charge in [-0.15, -0.1) is 11.3 Å². The molecule has 1 saturated carbocycles. The molecule has 2 aromatic heterocycles. The number of aryl methyl sites for hydroxylation is 1. The van der Waals surface area contributed by atoms with Gasteiger partial charge in [0.1, 0.15) is 17.5 Å². The molecule has 3 aromatic rings. The maximum absolute atomic E-state index is 13.3. The van der Waals surface area contributed by atoms with Gasteiger partial charge >= 0.3 is 0 Å². The summed E-state index contributed by atoms with van der Waals surface area (Å²) in [5, 5.41) is 3.36. The molecule has 1 aliphatic carbocycles. The first-order valence-electron chi connectivity index (χ1n) is 12.9. The highest BCUT2D eigenvalue weighted by atomic mass is 32.1. The van der Waals surface area contributed by atoms with E-state index in [0.717, 1.165) is 75.0 Å². The molecule has 6 nitrogen and oxygen atoms in total. The van der Waals surface area contributed by atoms with Crippen molar-refractivity contribution in [3.8, 4) is 0 Å². The number of amides is 1. The molecular formula is C27H32FN5OS. The Kier molecular flexibility index (Phi) is 6.08. The molecule has 0 bridgehead atoms. The smallest absolute Gasteiger partial charge is 0.225 e. The first-order valence-corrected chi connectivity index (χ1v) is 13.7. The summed E-state index contributed by atoms with van der Waals surface area (Å²) in [6, 6.07) is 6.63. The van der Waals surface area contributed by atoms with E-state index >= 15 is 0 Å². The standard InChI is InChI=1S/C27H32FN5OS/c1-18-24-23(17-35-18)29-25(19-3-2-4-19)30-26(24)32-11-9-20(10-12-32)27(34)33-15-13-31(14-16-33)22-7-5-21(28)6-8-22/h5-8,17,19-20H,2-4,9-16H2,1H3. The van der Waals surface area contributed by atoms with Crippen molar-refractivity contribution >= 4 is 39.7 Å². The largest absolute Gasteiger partial charge is 0.368 e. The number of rotatable bonds is 4. The van der Waals surface area contributed by atoms with Crippen molar-refractivity contribution in [3.05, 3.63) is 46.2 Å². The average molecular weight is 494 g/mol. The molecule has 1 amide bonds. The monoisotopic (exact) mass is 493 g/mol. The molecule has 2 aliphatic heterocycles. The summed E-state index contributed by atoms with van der Waals surface area (Å²) in [6.45, 7) is 6.90. The van der Waals surface area contributed by atoms with Gasteiger partial charge in [-0.3, -0.25) is 4.79 Å². The maximum Gasteiger partial charge on any atom is 0.225 e. The van der Waals surface area contributed by atoms with Crippen LogP contribution in [0.2, 0.25) is 0 Å². The van der Waals surface area contributed by atoms with E-state index in [9.17, 15) is 9.18 Å². The van der Waals surface area contributed by atoms with Gasteiger partial charge in [0.2, 0.25) is 5.91 Å². The van der Waals surface area contributed by atoms with Gasteiger partial charge < -0.3 is 14.7 Å². The Morgan fingerprint density at radius 2 is 1.66 bits per heavy atom. The van der Waals surface area contributed by atoms with Gasteiger partial charge in [0.15, 0.2) is 0 Å². The van der Waals surface area contributed by atoms with Crippen LogP contribution in [0.1, 0.15) is 48.7 Å². The Bertz CT molecular complexity index is 1210. The minimum atomic E-state index is -0.218. The van der Waals surface area contributed by atoms with Gasteiger partial charge in [-0.1, -0.05) is 6.42 Å². The lowest BCUT2D eigenvalue weighted by molar-refractivity contribution is -0.136. The Morgan fingerprint density at radius 1 is 0.943 bits per heavy atom. The molecule has 3 aliphatic rings. The van der Waals surface area contributed by atoms with Crippen LogP contribution in [0.15, 0.2) is 29.6 Å². The Labute approximate surface area is 209 Å². The van der Waals surface area contributed by atoms with Crippen molar-refractivity contribution in [2.24, 2.45) is 5.92 Å². The zero-order chi connectivity index (χ0) is 23.9. The van der Waals surface area contributed by atoms with Crippen molar-refractivity contribution in [1.82, 2.24) is 14.9 Å². The topological polar surface area (TPSA) is 52.6 Å². The van der Waals surface area contributed by atoms with Crippen molar-refractivity contribution in [2.75, 3.05) is 49.1 Å². The zero-order valence-electron chi connectivity index (χ0n) is 20.3. The summed E-state index contributed by atoms with van der Waals surface area (Å²) in [4.78, 5) is 31.2. The number of benzene rings is 1. The van der Waals surface area contributed by atoms with Crippen LogP contribution in [0.25, 0.3) is 10.9 Å². The highest BCUT2D eigenvalue weighted by molar-refractivity contribution is 7.11. The molecule has 1 aromatic carbocycles. The molecule has 6 rings (SSSR count). The lowest BCUT2D eigenvalue weighted by Crippen LogP contribution is -2.51. The summed E-state index contributed by atoms with van der Waals surface area (Å²) in [6.07, 6.45) is 5.39. The third kappa shape index (κ3) is 4.37. The summed E-state index contributed by atoms with van der Waals surface area (Å²) < 4.78 is 13.2. The molecule has 0 unspecified atom stereocenters. The van der Waals surface area contributed by atoms with Crippen LogP contribution in [0.4, 0.5) is 15.9 Å². The van der Waals surface area contributed by atoms with Crippen LogP contribution < -0.4 is 9.80 Å². The van der Waals surface area contributed by atoms with Gasteiger partial charge in [-0.2, -0.15) is 0 Å². The van der Waals surface area contributed by atoms with Crippen molar-refractivity contribution < 1.29 is 9.18 Å². The predicted octanol–water partition coefficient (Wildman–Crippen LogP) is 4.97. The fourth-order valence-electron chi connectivity index (χ4n) is 5.62. The Morgan fingerprint density at radius 3 is 2.31 bits per heavy atom. The summed E-state index contributed by atoms with van der Waals surface area (Å²) in [5.74, 6) is 2.74. The summed E-state index contributed by atoms with van der Waals surface area (Å²) in [7, 11) is 0. The Hall–Kier alpha value is -2.74. The number of aromatic nitrogens is 2. The van der Waals surface area contributed by atoms with Crippen LogP contribution in [-0.4, -0.2) is 60.0 Å². The molecule has 0 radical (unpaired) electrons. The molecule has 0 atom stereocenters. The van der Waals surface area contributed by atoms with E-state index in [1.165, 1.54) is 41.7 Å². The van der Waals surface area contributed by atoms with Crippen molar-refractivity contribution in [2.45, 2.75) is 44.9 Å². The SMILES string of the molecule is Cc1scc2nc(C3CCC3)nc(N3CCC(C(=O)N4CCN(c5ccc(F)cc5)CC4)CC3)c12. The third-order valence-electron chi connectivity index (χ3n) is 8.03. The van der Waals surface area contributed by atoms with Gasteiger partial charge in [-0.05, 0) is 56.9 Å². The second-order valence-electron chi connectivity index (χ2n) is 10.1. The fraction of sp³-hybridized carbons (Fsp3) is 0.519. The second kappa shape index (κ2) is 9.37. The minimum Gasteiger partial charge on any atom is -0.368 e. The van der Waals surface area contributed by atoms with Crippen LogP contribution >= 0.6 is 11.3 Å². The number of carbonyl (C=O) groups excluding carboxylic acids is 1. The number of carbonyl (C=O) groups is 1. The molecule has 3 fully saturated rings. The normalized spacial score (nSPS) is 19.9. The quantitative estimate of drug-likeness (QED) is 0.514. The third-order valence-corrected chi connectivity index (χ3v) is 8.93. The average Bonchev–Trinajstić information content (AvgIpc) is 3.23. The van der Waals surface area contributed by atoms with E-state index in [-0.39, 0.29) is 17.6 Å². The number of piperazine rings is 1. The highest BCUT2D eigenvalue weighted by Gasteiger charge is 2.32. The lowest BCUT2D eigenvalue weighted by Gasteiger charge is -2.39. The van der Waals surface area contributed by atoms with Gasteiger partial charge in [0.05, 0.1) is 10.9 Å². The van der Waals surface area contributed by atoms with E-state index in [4.69, 9.17) is 9.97 Å². The summed E-state index contributed by atoms with van der Waals surface area (Å²) in [5.41, 5.74) is 2.10. The molecular weight excluding hydrogens is 461 g/mol. The number of fused-ring (bicyclic) bond motifs is 1. The highest BCUT2D eigenvalue weighted by Crippen LogP contribution is 2.39. The zero-order valence-corrected chi connectivity index (χ0v) is 21.1. The molecule has 0 N–H and O–H groups in total. The number of hydrogen-bond donors (Lipinski definition) is 0. The number of anilines is 2. The molecule has 35 heavy (non-hydrogen) atoms. The Balaban J connectivity index is 1.10. The van der Waals surface area contributed by atoms with Gasteiger partial charge in [0.25, 0.3) is 0 Å². The molecule has 0 spiro atoms. The molecule has 4 heterocycles. The molecule has 184 valence electrons. The van der Waals surface area contributed by atoms with Crippen LogP contribution in [-0.2, 0) is 4.79 Å². The number of halogens is 1. The molecule has 2 saturated heterocycles. The number of piperidine rings is 1. The van der Waals surface area contributed by atoms with Crippen LogP contribution in [0, 0.1) is 18.7 Å². The van der Waals surface area contributed by atoms with E-state index in [1.54, 1.807) is 11.3 Å². The van der Waals surface area contributed by atoms with E-state index in [2.05, 4.69) is 22.1 Å². The van der Waals surface area contributed by atoms with Gasteiger partial charge in [-0.25, -0.2) is 14.4 Å². The van der Waals surface area contributed by atoms with E-state index < -0.39 is 0 Å². The predicted molar refractivity (Wildman–Crippen MR) is 139 cm³/mol. The summed E-state index contributed by atoms with van der Waals surface area (Å²) >= 11 is 1.75. The van der Waals surface area contributed by atoms with Crippen LogP contribution in [0.5, 0.6) is 0 Å². The fourth-order valence-corrected chi connectivity index (χ4v) is 6.39. The lowest BCUT2D eigenvalue weighted by atomic mass is 9.85. The number of thiophene rings is 1. The minimum absolute atomic E-state index is 0.0793. The van der Waals surface area contributed by atoms with Crippen molar-refractivity contribution in [1.29, 1.82) is 0 Å². The number of hydrogen-bond acceptors (Lipinski definition) is 6. The van der Waals surface area contributed by atoms with E-state index in [0.29, 0.717) is 5.92 Å². The number of nitrogens with zero attached hydrogens (tertiary/aromatic N) is 5. The maximum atomic E-state index is 13.3. The van der Waals surface area contributed by atoms with Crippen LogP contribution in [0.3, 0.4) is 0 Å². The first-order chi connectivity index (χ1) is 17.1. The first kappa shape index (κ1) is 22.7. The van der Waals surface area contributed by atoms with E-state index in [1.807, 2.05) is 17.0 Å². The second-order valence-corrected chi connectivity index (χ2v) is 11.2. The van der Waals surface area contributed by atoms with Crippen molar-refractivity contribution in [3.63, 3.8) is 0 Å².